The zero-order valence-corrected chi connectivity index (χ0v) is 17.6. The highest BCUT2D eigenvalue weighted by Gasteiger charge is 2.19. The third-order valence-corrected chi connectivity index (χ3v) is 5.49. The zero-order valence-electron chi connectivity index (χ0n) is 16.9. The van der Waals surface area contributed by atoms with Crippen LogP contribution >= 0.6 is 11.6 Å². The second kappa shape index (κ2) is 9.92. The molecule has 1 aliphatic rings. The van der Waals surface area contributed by atoms with Crippen molar-refractivity contribution in [3.8, 4) is 5.75 Å². The molecular formula is C24H26ClN3O2. The number of aryl methyl sites for hydroxylation is 2. The summed E-state index contributed by atoms with van der Waals surface area (Å²) in [5.41, 5.74) is 3.21. The van der Waals surface area contributed by atoms with Crippen LogP contribution < -0.4 is 15.6 Å². The summed E-state index contributed by atoms with van der Waals surface area (Å²) in [5.74, 6) is 1.43. The minimum Gasteiger partial charge on any atom is -0.487 e. The molecule has 0 amide bonds. The van der Waals surface area contributed by atoms with E-state index in [1.54, 1.807) is 29.1 Å². The molecule has 5 nitrogen and oxygen atoms in total. The number of ether oxygens (including phenoxy) is 1. The molecule has 1 N–H and O–H groups in total. The second-order valence-electron chi connectivity index (χ2n) is 7.79. The first-order valence-electron chi connectivity index (χ1n) is 10.4. The van der Waals surface area contributed by atoms with Crippen molar-refractivity contribution in [2.45, 2.75) is 39.0 Å². The van der Waals surface area contributed by atoms with Gasteiger partial charge in [0, 0.05) is 31.5 Å². The van der Waals surface area contributed by atoms with Crippen LogP contribution in [0.1, 0.15) is 29.7 Å². The van der Waals surface area contributed by atoms with E-state index in [0.29, 0.717) is 23.9 Å². The van der Waals surface area contributed by atoms with Gasteiger partial charge in [-0.3, -0.25) is 9.78 Å². The van der Waals surface area contributed by atoms with E-state index in [2.05, 4.69) is 34.6 Å². The van der Waals surface area contributed by atoms with Crippen LogP contribution in [-0.2, 0) is 26.1 Å². The number of pyridine rings is 2. The zero-order chi connectivity index (χ0) is 20.8. The molecule has 0 bridgehead atoms. The molecule has 1 aliphatic carbocycles. The Kier molecular flexibility index (Phi) is 6.82. The van der Waals surface area contributed by atoms with Crippen molar-refractivity contribution in [3.05, 3.63) is 93.1 Å². The number of halogens is 1. The van der Waals surface area contributed by atoms with Gasteiger partial charge in [0.05, 0.1) is 10.7 Å². The maximum absolute atomic E-state index is 12.4. The van der Waals surface area contributed by atoms with E-state index in [0.717, 1.165) is 31.1 Å². The number of nitrogens with zero attached hydrogens (tertiary/aromatic N) is 2. The monoisotopic (exact) mass is 423 g/mol. The van der Waals surface area contributed by atoms with Crippen LogP contribution in [0.25, 0.3) is 0 Å². The van der Waals surface area contributed by atoms with E-state index >= 15 is 0 Å². The van der Waals surface area contributed by atoms with Gasteiger partial charge in [0.1, 0.15) is 12.4 Å². The minimum atomic E-state index is -0.0718. The summed E-state index contributed by atoms with van der Waals surface area (Å²) in [6, 6.07) is 15.5. The first-order chi connectivity index (χ1) is 14.7. The van der Waals surface area contributed by atoms with Crippen LogP contribution in [-0.4, -0.2) is 16.1 Å². The third-order valence-electron chi connectivity index (χ3n) is 5.27. The van der Waals surface area contributed by atoms with Crippen molar-refractivity contribution >= 4 is 11.6 Å². The van der Waals surface area contributed by atoms with Crippen LogP contribution in [0.2, 0.25) is 5.02 Å². The fourth-order valence-corrected chi connectivity index (χ4v) is 3.34. The molecule has 2 aromatic heterocycles. The van der Waals surface area contributed by atoms with Gasteiger partial charge in [-0.05, 0) is 61.1 Å². The molecule has 0 saturated heterocycles. The highest BCUT2D eigenvalue weighted by Crippen LogP contribution is 2.27. The van der Waals surface area contributed by atoms with E-state index in [1.807, 2.05) is 6.07 Å². The van der Waals surface area contributed by atoms with Crippen LogP contribution in [0.4, 0.5) is 0 Å². The highest BCUT2D eigenvalue weighted by molar-refractivity contribution is 6.30. The van der Waals surface area contributed by atoms with Gasteiger partial charge in [0.25, 0.3) is 5.56 Å². The Morgan fingerprint density at radius 3 is 2.60 bits per heavy atom. The molecular weight excluding hydrogens is 398 g/mol. The fourth-order valence-electron chi connectivity index (χ4n) is 3.23. The number of nitrogens with one attached hydrogen (secondary N) is 1. The Labute approximate surface area is 181 Å². The first kappa shape index (κ1) is 20.6. The number of hydrogen-bond acceptors (Lipinski definition) is 4. The first-order valence-corrected chi connectivity index (χ1v) is 10.8. The van der Waals surface area contributed by atoms with Crippen molar-refractivity contribution in [2.75, 3.05) is 6.54 Å². The highest BCUT2D eigenvalue weighted by atomic mass is 35.5. The van der Waals surface area contributed by atoms with Gasteiger partial charge >= 0.3 is 0 Å². The molecule has 2 heterocycles. The van der Waals surface area contributed by atoms with Crippen molar-refractivity contribution in [1.82, 2.24) is 14.9 Å². The molecule has 3 aromatic rings. The lowest BCUT2D eigenvalue weighted by atomic mass is 10.1. The number of benzene rings is 1. The average molecular weight is 424 g/mol. The molecule has 0 spiro atoms. The molecule has 6 heteroatoms. The van der Waals surface area contributed by atoms with Gasteiger partial charge < -0.3 is 14.6 Å². The van der Waals surface area contributed by atoms with Gasteiger partial charge in [-0.1, -0.05) is 35.9 Å². The SMILES string of the molecule is O=c1cc(OCc2ccc(Cl)cn2)ccn1CCc1ccc(CNCC2CC2)cc1. The van der Waals surface area contributed by atoms with Gasteiger partial charge in [0.15, 0.2) is 0 Å². The van der Waals surface area contributed by atoms with Crippen molar-refractivity contribution in [2.24, 2.45) is 5.92 Å². The lowest BCUT2D eigenvalue weighted by Gasteiger charge is -2.09. The Balaban J connectivity index is 1.25. The molecule has 0 unspecified atom stereocenters. The summed E-state index contributed by atoms with van der Waals surface area (Å²) in [5, 5.41) is 4.09. The minimum absolute atomic E-state index is 0.0718. The molecule has 0 atom stereocenters. The standard InChI is InChI=1S/C24H26ClN3O2/c25-21-7-8-22(27-16-21)17-30-23-10-12-28(24(29)13-23)11-9-18-1-3-19(4-2-18)14-26-15-20-5-6-20/h1-4,7-8,10,12-13,16,20,26H,5-6,9,11,14-15,17H2. The summed E-state index contributed by atoms with van der Waals surface area (Å²) in [4.78, 5) is 16.6. The van der Waals surface area contributed by atoms with Crippen LogP contribution in [0.3, 0.4) is 0 Å². The fraction of sp³-hybridized carbons (Fsp3) is 0.333. The van der Waals surface area contributed by atoms with Crippen LogP contribution in [0.15, 0.2) is 65.7 Å². The van der Waals surface area contributed by atoms with E-state index in [9.17, 15) is 4.79 Å². The van der Waals surface area contributed by atoms with Crippen LogP contribution in [0.5, 0.6) is 5.75 Å². The summed E-state index contributed by atoms with van der Waals surface area (Å²) < 4.78 is 7.38. The molecule has 4 rings (SSSR count). The van der Waals surface area contributed by atoms with Gasteiger partial charge in [-0.2, -0.15) is 0 Å². The van der Waals surface area contributed by atoms with Crippen LogP contribution in [0, 0.1) is 5.92 Å². The quantitative estimate of drug-likeness (QED) is 0.530. The Morgan fingerprint density at radius 1 is 1.10 bits per heavy atom. The predicted octanol–water partition coefficient (Wildman–Crippen LogP) is 4.22. The Morgan fingerprint density at radius 2 is 1.90 bits per heavy atom. The van der Waals surface area contributed by atoms with E-state index in [4.69, 9.17) is 16.3 Å². The predicted molar refractivity (Wildman–Crippen MR) is 119 cm³/mol. The summed E-state index contributed by atoms with van der Waals surface area (Å²) in [6.07, 6.45) is 6.92. The average Bonchev–Trinajstić information content (AvgIpc) is 3.58. The molecule has 1 fully saturated rings. The summed E-state index contributed by atoms with van der Waals surface area (Å²) in [6.45, 7) is 2.98. The summed E-state index contributed by atoms with van der Waals surface area (Å²) >= 11 is 5.83. The maximum Gasteiger partial charge on any atom is 0.254 e. The Bertz CT molecular complexity index is 1010. The summed E-state index contributed by atoms with van der Waals surface area (Å²) in [7, 11) is 0. The molecule has 0 radical (unpaired) electrons. The van der Waals surface area contributed by atoms with Crippen molar-refractivity contribution < 1.29 is 4.74 Å². The molecule has 1 aromatic carbocycles. The van der Waals surface area contributed by atoms with E-state index in [-0.39, 0.29) is 5.56 Å². The number of hydrogen-bond donors (Lipinski definition) is 1. The third kappa shape index (κ3) is 6.18. The number of rotatable bonds is 10. The van der Waals surface area contributed by atoms with E-state index < -0.39 is 0 Å². The Hall–Kier alpha value is -2.63. The molecule has 0 aliphatic heterocycles. The topological polar surface area (TPSA) is 56.1 Å². The smallest absolute Gasteiger partial charge is 0.254 e. The molecule has 1 saturated carbocycles. The lowest BCUT2D eigenvalue weighted by molar-refractivity contribution is 0.300. The second-order valence-corrected chi connectivity index (χ2v) is 8.23. The van der Waals surface area contributed by atoms with Crippen molar-refractivity contribution in [3.63, 3.8) is 0 Å². The normalized spacial score (nSPS) is 13.4. The molecule has 30 heavy (non-hydrogen) atoms. The van der Waals surface area contributed by atoms with Crippen molar-refractivity contribution in [1.29, 1.82) is 0 Å². The van der Waals surface area contributed by atoms with Gasteiger partial charge in [-0.25, -0.2) is 0 Å². The lowest BCUT2D eigenvalue weighted by Crippen LogP contribution is -2.19. The largest absolute Gasteiger partial charge is 0.487 e. The number of aromatic nitrogens is 2. The van der Waals surface area contributed by atoms with E-state index in [1.165, 1.54) is 30.0 Å². The van der Waals surface area contributed by atoms with Gasteiger partial charge in [0.2, 0.25) is 0 Å². The molecule has 156 valence electrons. The van der Waals surface area contributed by atoms with Gasteiger partial charge in [-0.15, -0.1) is 0 Å². The maximum atomic E-state index is 12.4.